The number of piperazine rings is 1. The summed E-state index contributed by atoms with van der Waals surface area (Å²) >= 11 is 1.65. The maximum Gasteiger partial charge on any atom is 0.225 e. The summed E-state index contributed by atoms with van der Waals surface area (Å²) in [6, 6.07) is 12.0. The number of imidazole rings is 1. The van der Waals surface area contributed by atoms with Crippen molar-refractivity contribution in [2.75, 3.05) is 47.5 Å². The number of benzene rings is 2. The molecule has 4 aromatic rings. The predicted octanol–water partition coefficient (Wildman–Crippen LogP) is 4.69. The number of amides is 1. The summed E-state index contributed by atoms with van der Waals surface area (Å²) in [6.07, 6.45) is 3.29. The van der Waals surface area contributed by atoms with E-state index in [1.54, 1.807) is 32.7 Å². The number of carbonyl (C=O) groups is 1. The predicted molar refractivity (Wildman–Crippen MR) is 145 cm³/mol. The van der Waals surface area contributed by atoms with Crippen LogP contribution in [0.2, 0.25) is 0 Å². The van der Waals surface area contributed by atoms with Gasteiger partial charge in [0.1, 0.15) is 17.2 Å². The number of hydrogen-bond acceptors (Lipinski definition) is 7. The van der Waals surface area contributed by atoms with Crippen molar-refractivity contribution in [1.29, 1.82) is 0 Å². The quantitative estimate of drug-likeness (QED) is 0.352. The third-order valence-corrected chi connectivity index (χ3v) is 8.73. The van der Waals surface area contributed by atoms with Crippen molar-refractivity contribution in [3.05, 3.63) is 42.1 Å². The molecule has 0 unspecified atom stereocenters. The molecule has 2 aromatic heterocycles. The van der Waals surface area contributed by atoms with Crippen molar-refractivity contribution in [1.82, 2.24) is 19.2 Å². The van der Waals surface area contributed by atoms with Crippen molar-refractivity contribution in [3.63, 3.8) is 0 Å². The van der Waals surface area contributed by atoms with Gasteiger partial charge in [-0.15, -0.1) is 0 Å². The number of fused-ring (bicyclic) bond motifs is 3. The Morgan fingerprint density at radius 3 is 2.38 bits per heavy atom. The summed E-state index contributed by atoms with van der Waals surface area (Å²) < 4.78 is 20.1. The second-order valence-corrected chi connectivity index (χ2v) is 10.8. The Labute approximate surface area is 220 Å². The van der Waals surface area contributed by atoms with Crippen LogP contribution >= 0.6 is 11.3 Å². The minimum atomic E-state index is 0.252. The SMILES string of the molecule is COc1ccc(OC)c(-c2nc3sc4cc(OC)ccc4n3c2CN2CCN(C(=O)C3CCC3)CC2)c1. The lowest BCUT2D eigenvalue weighted by atomic mass is 9.84. The van der Waals surface area contributed by atoms with E-state index in [4.69, 9.17) is 19.2 Å². The monoisotopic (exact) mass is 520 g/mol. The highest BCUT2D eigenvalue weighted by atomic mass is 32.1. The zero-order chi connectivity index (χ0) is 25.5. The van der Waals surface area contributed by atoms with Gasteiger partial charge in [0.25, 0.3) is 0 Å². The smallest absolute Gasteiger partial charge is 0.225 e. The van der Waals surface area contributed by atoms with Crippen LogP contribution in [0.3, 0.4) is 0 Å². The van der Waals surface area contributed by atoms with Gasteiger partial charge in [0.15, 0.2) is 4.96 Å². The van der Waals surface area contributed by atoms with Gasteiger partial charge in [-0.3, -0.25) is 14.1 Å². The zero-order valence-electron chi connectivity index (χ0n) is 21.5. The van der Waals surface area contributed by atoms with Crippen LogP contribution in [0.25, 0.3) is 26.4 Å². The largest absolute Gasteiger partial charge is 0.497 e. The first kappa shape index (κ1) is 24.1. The van der Waals surface area contributed by atoms with Crippen LogP contribution in [-0.4, -0.2) is 72.6 Å². The number of aromatic nitrogens is 2. The lowest BCUT2D eigenvalue weighted by molar-refractivity contribution is -0.140. The standard InChI is InChI=1S/C28H32N4O4S/c1-34-19-8-10-24(36-3)21(15-19)26-23(17-30-11-13-31(14-12-30)27(33)18-5-4-6-18)32-22-9-7-20(35-2)16-25(22)37-28(32)29-26/h7-10,15-16,18H,4-6,11-14,17H2,1-3H3. The van der Waals surface area contributed by atoms with Gasteiger partial charge >= 0.3 is 0 Å². The normalized spacial score (nSPS) is 16.8. The van der Waals surface area contributed by atoms with E-state index < -0.39 is 0 Å². The van der Waals surface area contributed by atoms with Gasteiger partial charge in [-0.25, -0.2) is 4.98 Å². The molecule has 9 heteroatoms. The number of rotatable bonds is 7. The summed E-state index contributed by atoms with van der Waals surface area (Å²) in [5.41, 5.74) is 4.02. The van der Waals surface area contributed by atoms with E-state index in [0.717, 1.165) is 94.9 Å². The molecule has 37 heavy (non-hydrogen) atoms. The number of thiazole rings is 1. The molecule has 0 spiro atoms. The van der Waals surface area contributed by atoms with Crippen molar-refractivity contribution in [2.24, 2.45) is 5.92 Å². The molecular weight excluding hydrogens is 488 g/mol. The van der Waals surface area contributed by atoms with E-state index in [0.29, 0.717) is 5.91 Å². The first-order chi connectivity index (χ1) is 18.1. The number of ether oxygens (including phenoxy) is 3. The van der Waals surface area contributed by atoms with Crippen LogP contribution in [0.4, 0.5) is 0 Å². The Hall–Kier alpha value is -3.30. The third kappa shape index (κ3) is 4.30. The average molecular weight is 521 g/mol. The van der Waals surface area contributed by atoms with E-state index in [2.05, 4.69) is 26.3 Å². The molecule has 2 aromatic carbocycles. The van der Waals surface area contributed by atoms with Crippen molar-refractivity contribution in [2.45, 2.75) is 25.8 Å². The summed E-state index contributed by atoms with van der Waals surface area (Å²) in [6.45, 7) is 3.96. The minimum absolute atomic E-state index is 0.252. The van der Waals surface area contributed by atoms with E-state index in [9.17, 15) is 4.79 Å². The molecule has 2 aliphatic rings. The molecule has 0 N–H and O–H groups in total. The molecule has 0 radical (unpaired) electrons. The van der Waals surface area contributed by atoms with Crippen LogP contribution in [0.5, 0.6) is 17.2 Å². The highest BCUT2D eigenvalue weighted by Crippen LogP contribution is 2.39. The van der Waals surface area contributed by atoms with Gasteiger partial charge in [0, 0.05) is 44.2 Å². The summed E-state index contributed by atoms with van der Waals surface area (Å²) in [5, 5.41) is 0. The Bertz CT molecular complexity index is 1450. The second kappa shape index (κ2) is 9.87. The van der Waals surface area contributed by atoms with Crippen LogP contribution in [0.15, 0.2) is 36.4 Å². The lowest BCUT2D eigenvalue weighted by Gasteiger charge is -2.38. The molecule has 1 amide bonds. The first-order valence-corrected chi connectivity index (χ1v) is 13.6. The molecule has 2 fully saturated rings. The first-order valence-electron chi connectivity index (χ1n) is 12.8. The minimum Gasteiger partial charge on any atom is -0.497 e. The number of carbonyl (C=O) groups excluding carboxylic acids is 1. The molecule has 6 rings (SSSR count). The van der Waals surface area contributed by atoms with E-state index in [1.807, 2.05) is 24.3 Å². The highest BCUT2D eigenvalue weighted by molar-refractivity contribution is 7.23. The third-order valence-electron chi connectivity index (χ3n) is 7.72. The molecule has 0 bridgehead atoms. The topological polar surface area (TPSA) is 68.5 Å². The maximum absolute atomic E-state index is 12.8. The summed E-state index contributed by atoms with van der Waals surface area (Å²) in [7, 11) is 5.04. The second-order valence-electron chi connectivity index (χ2n) is 9.76. The molecule has 8 nitrogen and oxygen atoms in total. The van der Waals surface area contributed by atoms with Gasteiger partial charge in [0.05, 0.1) is 42.9 Å². The summed E-state index contributed by atoms with van der Waals surface area (Å²) in [4.78, 5) is 23.3. The van der Waals surface area contributed by atoms with Gasteiger partial charge in [-0.1, -0.05) is 17.8 Å². The molecule has 1 saturated heterocycles. The molecule has 1 aliphatic carbocycles. The number of nitrogens with zero attached hydrogens (tertiary/aromatic N) is 4. The molecular formula is C28H32N4O4S. The summed E-state index contributed by atoms with van der Waals surface area (Å²) in [5.74, 6) is 2.95. The van der Waals surface area contributed by atoms with Gasteiger partial charge in [0.2, 0.25) is 5.91 Å². The fourth-order valence-electron chi connectivity index (χ4n) is 5.35. The highest BCUT2D eigenvalue weighted by Gasteiger charge is 2.32. The lowest BCUT2D eigenvalue weighted by Crippen LogP contribution is -2.50. The molecule has 3 heterocycles. The van der Waals surface area contributed by atoms with Crippen LogP contribution in [-0.2, 0) is 11.3 Å². The Morgan fingerprint density at radius 2 is 1.70 bits per heavy atom. The zero-order valence-corrected chi connectivity index (χ0v) is 22.3. The van der Waals surface area contributed by atoms with E-state index >= 15 is 0 Å². The van der Waals surface area contributed by atoms with Gasteiger partial charge in [-0.05, 0) is 49.2 Å². The van der Waals surface area contributed by atoms with Crippen molar-refractivity contribution < 1.29 is 19.0 Å². The Kier molecular flexibility index (Phi) is 6.42. The van der Waals surface area contributed by atoms with Crippen molar-refractivity contribution >= 4 is 32.4 Å². The molecule has 0 atom stereocenters. The van der Waals surface area contributed by atoms with Crippen LogP contribution in [0.1, 0.15) is 25.0 Å². The van der Waals surface area contributed by atoms with Crippen LogP contribution < -0.4 is 14.2 Å². The van der Waals surface area contributed by atoms with E-state index in [1.165, 1.54) is 6.42 Å². The Morgan fingerprint density at radius 1 is 0.973 bits per heavy atom. The van der Waals surface area contributed by atoms with Crippen LogP contribution in [0, 0.1) is 5.92 Å². The van der Waals surface area contributed by atoms with Gasteiger partial charge in [-0.2, -0.15) is 0 Å². The fraction of sp³-hybridized carbons (Fsp3) is 0.429. The van der Waals surface area contributed by atoms with Gasteiger partial charge < -0.3 is 19.1 Å². The fourth-order valence-corrected chi connectivity index (χ4v) is 6.42. The van der Waals surface area contributed by atoms with Crippen molar-refractivity contribution in [3.8, 4) is 28.5 Å². The number of hydrogen-bond donors (Lipinski definition) is 0. The molecule has 194 valence electrons. The van der Waals surface area contributed by atoms with E-state index in [-0.39, 0.29) is 5.92 Å². The molecule has 1 saturated carbocycles. The maximum atomic E-state index is 12.8. The Balaban J connectivity index is 1.39. The molecule has 1 aliphatic heterocycles. The average Bonchev–Trinajstić information content (AvgIpc) is 3.43. The number of methoxy groups -OCH3 is 3.